The second-order valence-corrected chi connectivity index (χ2v) is 6.90. The molecule has 0 radical (unpaired) electrons. The Hall–Kier alpha value is -3.46. The summed E-state index contributed by atoms with van der Waals surface area (Å²) in [5.41, 5.74) is 2.06. The van der Waals surface area contributed by atoms with Crippen molar-refractivity contribution < 1.29 is 14.2 Å². The SMILES string of the molecule is COc1ccc2c3c(cccc13)OC21C=Cc2ccc3ccccc3c2O1. The minimum atomic E-state index is -0.953. The van der Waals surface area contributed by atoms with Crippen LogP contribution in [-0.4, -0.2) is 7.11 Å². The van der Waals surface area contributed by atoms with E-state index in [1.807, 2.05) is 42.5 Å². The van der Waals surface area contributed by atoms with Crippen LogP contribution in [0.4, 0.5) is 0 Å². The van der Waals surface area contributed by atoms with E-state index in [2.05, 4.69) is 36.4 Å². The summed E-state index contributed by atoms with van der Waals surface area (Å²) in [5, 5.41) is 4.32. The summed E-state index contributed by atoms with van der Waals surface area (Å²) < 4.78 is 18.5. The highest BCUT2D eigenvalue weighted by Gasteiger charge is 2.45. The van der Waals surface area contributed by atoms with Crippen molar-refractivity contribution in [1.29, 1.82) is 0 Å². The standard InChI is InChI=1S/C24H16O3/c1-25-20-12-11-19-22-18(20)7-4-8-21(22)26-24(19)14-13-16-10-9-15-5-2-3-6-17(15)23(16)27-24/h2-14H,1H3. The van der Waals surface area contributed by atoms with Crippen LogP contribution in [0.25, 0.3) is 27.6 Å². The van der Waals surface area contributed by atoms with Crippen LogP contribution in [-0.2, 0) is 5.79 Å². The lowest BCUT2D eigenvalue weighted by atomic mass is 9.95. The molecule has 1 unspecified atom stereocenters. The molecule has 1 spiro atoms. The number of methoxy groups -OCH3 is 1. The Bertz CT molecular complexity index is 1270. The van der Waals surface area contributed by atoms with Gasteiger partial charge in [0.15, 0.2) is 0 Å². The smallest absolute Gasteiger partial charge is 0.299 e. The van der Waals surface area contributed by atoms with Crippen molar-refractivity contribution in [2.75, 3.05) is 7.11 Å². The summed E-state index contributed by atoms with van der Waals surface area (Å²) in [5.74, 6) is 1.55. The van der Waals surface area contributed by atoms with E-state index in [1.54, 1.807) is 7.11 Å². The number of rotatable bonds is 1. The molecule has 0 saturated carbocycles. The van der Waals surface area contributed by atoms with Gasteiger partial charge in [0.05, 0.1) is 12.7 Å². The second-order valence-electron chi connectivity index (χ2n) is 6.90. The molecule has 2 aliphatic heterocycles. The topological polar surface area (TPSA) is 27.7 Å². The minimum Gasteiger partial charge on any atom is -0.496 e. The zero-order valence-corrected chi connectivity index (χ0v) is 14.7. The van der Waals surface area contributed by atoms with Crippen LogP contribution in [0.2, 0.25) is 0 Å². The van der Waals surface area contributed by atoms with Gasteiger partial charge < -0.3 is 14.2 Å². The first-order chi connectivity index (χ1) is 13.3. The maximum atomic E-state index is 6.59. The molecule has 4 aromatic carbocycles. The van der Waals surface area contributed by atoms with Crippen molar-refractivity contribution in [1.82, 2.24) is 0 Å². The number of benzene rings is 4. The van der Waals surface area contributed by atoms with E-state index >= 15 is 0 Å². The average Bonchev–Trinajstić information content (AvgIpc) is 3.03. The molecule has 1 atom stereocenters. The van der Waals surface area contributed by atoms with Crippen LogP contribution < -0.4 is 14.2 Å². The van der Waals surface area contributed by atoms with Crippen molar-refractivity contribution in [3.63, 3.8) is 0 Å². The van der Waals surface area contributed by atoms with Crippen LogP contribution in [0.5, 0.6) is 17.2 Å². The highest BCUT2D eigenvalue weighted by Crippen LogP contribution is 2.51. The van der Waals surface area contributed by atoms with Gasteiger partial charge in [-0.15, -0.1) is 0 Å². The zero-order chi connectivity index (χ0) is 18.0. The minimum absolute atomic E-state index is 0.815. The van der Waals surface area contributed by atoms with Crippen molar-refractivity contribution in [2.45, 2.75) is 5.79 Å². The van der Waals surface area contributed by atoms with Crippen molar-refractivity contribution >= 4 is 27.6 Å². The van der Waals surface area contributed by atoms with Gasteiger partial charge in [0.1, 0.15) is 17.2 Å². The molecule has 0 aliphatic carbocycles. The Kier molecular flexibility index (Phi) is 2.74. The lowest BCUT2D eigenvalue weighted by Crippen LogP contribution is -2.36. The fourth-order valence-electron chi connectivity index (χ4n) is 4.21. The summed E-state index contributed by atoms with van der Waals surface area (Å²) in [4.78, 5) is 0. The summed E-state index contributed by atoms with van der Waals surface area (Å²) >= 11 is 0. The summed E-state index contributed by atoms with van der Waals surface area (Å²) in [6.45, 7) is 0. The molecular formula is C24H16O3. The zero-order valence-electron chi connectivity index (χ0n) is 14.7. The molecule has 4 aromatic rings. The normalized spacial score (nSPS) is 19.1. The van der Waals surface area contributed by atoms with Gasteiger partial charge in [-0.05, 0) is 29.7 Å². The molecule has 0 bridgehead atoms. The van der Waals surface area contributed by atoms with Crippen LogP contribution in [0, 0.1) is 0 Å². The molecule has 2 aliphatic rings. The van der Waals surface area contributed by atoms with Gasteiger partial charge in [0.2, 0.25) is 0 Å². The fourth-order valence-corrected chi connectivity index (χ4v) is 4.21. The molecule has 0 aromatic heterocycles. The maximum absolute atomic E-state index is 6.59. The highest BCUT2D eigenvalue weighted by atomic mass is 16.7. The van der Waals surface area contributed by atoms with E-state index in [0.717, 1.165) is 49.9 Å². The van der Waals surface area contributed by atoms with E-state index in [9.17, 15) is 0 Å². The summed E-state index contributed by atoms with van der Waals surface area (Å²) in [6, 6.07) is 22.5. The van der Waals surface area contributed by atoms with Gasteiger partial charge in [-0.1, -0.05) is 48.5 Å². The number of hydrogen-bond donors (Lipinski definition) is 0. The molecule has 0 N–H and O–H groups in total. The predicted molar refractivity (Wildman–Crippen MR) is 106 cm³/mol. The van der Waals surface area contributed by atoms with Crippen molar-refractivity contribution in [3.8, 4) is 17.2 Å². The lowest BCUT2D eigenvalue weighted by Gasteiger charge is -2.32. The van der Waals surface area contributed by atoms with E-state index in [-0.39, 0.29) is 0 Å². The summed E-state index contributed by atoms with van der Waals surface area (Å²) in [7, 11) is 1.69. The largest absolute Gasteiger partial charge is 0.496 e. The Morgan fingerprint density at radius 1 is 0.815 bits per heavy atom. The first kappa shape index (κ1) is 14.7. The van der Waals surface area contributed by atoms with Crippen LogP contribution >= 0.6 is 0 Å². The third-order valence-electron chi connectivity index (χ3n) is 5.47. The molecule has 2 heterocycles. The number of hydrogen-bond acceptors (Lipinski definition) is 3. The number of fused-ring (bicyclic) bond motifs is 4. The average molecular weight is 352 g/mol. The van der Waals surface area contributed by atoms with E-state index in [1.165, 1.54) is 0 Å². The Morgan fingerprint density at radius 2 is 1.70 bits per heavy atom. The molecule has 3 nitrogen and oxygen atoms in total. The molecule has 0 fully saturated rings. The quantitative estimate of drug-likeness (QED) is 0.443. The Labute approximate surface area is 156 Å². The van der Waals surface area contributed by atoms with Gasteiger partial charge >= 0.3 is 0 Å². The Morgan fingerprint density at radius 3 is 2.63 bits per heavy atom. The van der Waals surface area contributed by atoms with Gasteiger partial charge in [0, 0.05) is 27.8 Å². The molecular weight excluding hydrogens is 336 g/mol. The van der Waals surface area contributed by atoms with E-state index in [4.69, 9.17) is 14.2 Å². The predicted octanol–water partition coefficient (Wildman–Crippen LogP) is 5.65. The third kappa shape index (κ3) is 1.86. The van der Waals surface area contributed by atoms with Crippen LogP contribution in [0.3, 0.4) is 0 Å². The number of ether oxygens (including phenoxy) is 3. The van der Waals surface area contributed by atoms with Gasteiger partial charge in [-0.25, -0.2) is 0 Å². The van der Waals surface area contributed by atoms with Crippen LogP contribution in [0.15, 0.2) is 72.8 Å². The first-order valence-corrected chi connectivity index (χ1v) is 8.98. The maximum Gasteiger partial charge on any atom is 0.299 e. The highest BCUT2D eigenvalue weighted by molar-refractivity contribution is 5.99. The lowest BCUT2D eigenvalue weighted by molar-refractivity contribution is -0.0674. The fraction of sp³-hybridized carbons (Fsp3) is 0.0833. The molecule has 130 valence electrons. The first-order valence-electron chi connectivity index (χ1n) is 8.98. The monoisotopic (exact) mass is 352 g/mol. The van der Waals surface area contributed by atoms with Gasteiger partial charge in [-0.3, -0.25) is 0 Å². The van der Waals surface area contributed by atoms with Crippen LogP contribution in [0.1, 0.15) is 11.1 Å². The third-order valence-corrected chi connectivity index (χ3v) is 5.47. The van der Waals surface area contributed by atoms with Gasteiger partial charge in [0.25, 0.3) is 5.79 Å². The summed E-state index contributed by atoms with van der Waals surface area (Å²) in [6.07, 6.45) is 4.10. The van der Waals surface area contributed by atoms with Gasteiger partial charge in [-0.2, -0.15) is 0 Å². The van der Waals surface area contributed by atoms with Crippen molar-refractivity contribution in [2.24, 2.45) is 0 Å². The molecule has 27 heavy (non-hydrogen) atoms. The molecule has 0 amide bonds. The van der Waals surface area contributed by atoms with Crippen molar-refractivity contribution in [3.05, 3.63) is 83.9 Å². The van der Waals surface area contributed by atoms with E-state index < -0.39 is 5.79 Å². The molecule has 0 saturated heterocycles. The molecule has 6 rings (SSSR count). The molecule has 3 heteroatoms. The Balaban J connectivity index is 1.60. The second kappa shape index (κ2) is 5.04. The van der Waals surface area contributed by atoms with E-state index in [0.29, 0.717) is 0 Å².